The highest BCUT2D eigenvalue weighted by Gasteiger charge is 2.28. The number of carbonyl (C=O) groups excluding carboxylic acids is 1. The molecule has 1 amide bonds. The van der Waals surface area contributed by atoms with Gasteiger partial charge in [-0.05, 0) is 18.6 Å². The molecule has 0 N–H and O–H groups in total. The first kappa shape index (κ1) is 14.1. The molecule has 2 saturated heterocycles. The van der Waals surface area contributed by atoms with Crippen molar-refractivity contribution in [2.24, 2.45) is 0 Å². The van der Waals surface area contributed by atoms with Crippen molar-refractivity contribution in [3.63, 3.8) is 0 Å². The molecule has 3 rings (SSSR count). The summed E-state index contributed by atoms with van der Waals surface area (Å²) in [5.41, 5.74) is 0. The lowest BCUT2D eigenvalue weighted by atomic mass is 10.2. The quantitative estimate of drug-likeness (QED) is 0.829. The number of aromatic nitrogens is 1. The monoisotopic (exact) mass is 290 g/mol. The molecule has 0 radical (unpaired) electrons. The number of amides is 1. The molecule has 21 heavy (non-hydrogen) atoms. The van der Waals surface area contributed by atoms with E-state index in [1.165, 1.54) is 0 Å². The summed E-state index contributed by atoms with van der Waals surface area (Å²) in [5.74, 6) is 1.06. The number of likely N-dealkylation sites (N-methyl/N-ethyl adjacent to an activating group) is 1. The number of piperazine rings is 1. The number of anilines is 1. The molecule has 1 atom stereocenters. The van der Waals surface area contributed by atoms with Gasteiger partial charge in [-0.1, -0.05) is 6.07 Å². The lowest BCUT2D eigenvalue weighted by Gasteiger charge is -2.35. The smallest absolute Gasteiger partial charge is 0.409 e. The van der Waals surface area contributed by atoms with Crippen LogP contribution in [0.3, 0.4) is 0 Å². The number of pyridine rings is 1. The summed E-state index contributed by atoms with van der Waals surface area (Å²) in [6.07, 6.45) is 2.61. The maximum Gasteiger partial charge on any atom is 0.409 e. The highest BCUT2D eigenvalue weighted by molar-refractivity contribution is 5.69. The van der Waals surface area contributed by atoms with Crippen LogP contribution in [0.15, 0.2) is 24.4 Å². The molecule has 114 valence electrons. The van der Waals surface area contributed by atoms with Gasteiger partial charge in [-0.15, -0.1) is 0 Å². The molecule has 0 spiro atoms. The van der Waals surface area contributed by atoms with Crippen LogP contribution in [-0.2, 0) is 4.74 Å². The average molecular weight is 290 g/mol. The summed E-state index contributed by atoms with van der Waals surface area (Å²) in [6.45, 7) is 5.78. The molecule has 2 aliphatic heterocycles. The predicted octanol–water partition coefficient (Wildman–Crippen LogP) is 1.04. The van der Waals surface area contributed by atoms with Gasteiger partial charge in [0, 0.05) is 46.0 Å². The molecule has 0 bridgehead atoms. The van der Waals surface area contributed by atoms with Crippen LogP contribution >= 0.6 is 0 Å². The van der Waals surface area contributed by atoms with Crippen LogP contribution in [0.25, 0.3) is 0 Å². The maximum atomic E-state index is 11.3. The number of hydrogen-bond donors (Lipinski definition) is 0. The first-order valence-electron chi connectivity index (χ1n) is 7.52. The van der Waals surface area contributed by atoms with Gasteiger partial charge in [-0.25, -0.2) is 9.78 Å². The zero-order valence-corrected chi connectivity index (χ0v) is 12.4. The van der Waals surface area contributed by atoms with Crippen LogP contribution in [0, 0.1) is 0 Å². The fourth-order valence-electron chi connectivity index (χ4n) is 2.87. The zero-order valence-electron chi connectivity index (χ0n) is 12.4. The second-order valence-corrected chi connectivity index (χ2v) is 5.69. The van der Waals surface area contributed by atoms with Gasteiger partial charge in [0.15, 0.2) is 0 Å². The number of ether oxygens (including phenoxy) is 1. The molecule has 3 heterocycles. The van der Waals surface area contributed by atoms with Crippen LogP contribution in [0.1, 0.15) is 6.42 Å². The Morgan fingerprint density at radius 2 is 2.10 bits per heavy atom. The highest BCUT2D eigenvalue weighted by atomic mass is 16.6. The maximum absolute atomic E-state index is 11.3. The van der Waals surface area contributed by atoms with E-state index in [4.69, 9.17) is 4.74 Å². The second kappa shape index (κ2) is 6.30. The van der Waals surface area contributed by atoms with E-state index in [9.17, 15) is 4.79 Å². The topological polar surface area (TPSA) is 48.9 Å². The molecule has 0 saturated carbocycles. The number of rotatable bonds is 4. The van der Waals surface area contributed by atoms with E-state index in [1.54, 1.807) is 11.9 Å². The van der Waals surface area contributed by atoms with Crippen molar-refractivity contribution < 1.29 is 9.53 Å². The number of nitrogens with zero attached hydrogens (tertiary/aromatic N) is 4. The van der Waals surface area contributed by atoms with E-state index in [-0.39, 0.29) is 12.2 Å². The van der Waals surface area contributed by atoms with E-state index in [2.05, 4.69) is 20.9 Å². The minimum Gasteiger partial charge on any atom is -0.444 e. The summed E-state index contributed by atoms with van der Waals surface area (Å²) >= 11 is 0. The van der Waals surface area contributed by atoms with E-state index >= 15 is 0 Å². The Bertz CT molecular complexity index is 474. The van der Waals surface area contributed by atoms with Crippen LogP contribution in [0.5, 0.6) is 0 Å². The van der Waals surface area contributed by atoms with Crippen molar-refractivity contribution in [2.75, 3.05) is 51.2 Å². The summed E-state index contributed by atoms with van der Waals surface area (Å²) in [7, 11) is 1.79. The van der Waals surface area contributed by atoms with Gasteiger partial charge in [0.05, 0.1) is 6.54 Å². The molecule has 0 aromatic carbocycles. The first-order valence-corrected chi connectivity index (χ1v) is 7.52. The molecule has 2 aliphatic rings. The van der Waals surface area contributed by atoms with Crippen molar-refractivity contribution in [2.45, 2.75) is 12.5 Å². The van der Waals surface area contributed by atoms with Crippen LogP contribution in [0.2, 0.25) is 0 Å². The average Bonchev–Trinajstić information content (AvgIpc) is 2.85. The fourth-order valence-corrected chi connectivity index (χ4v) is 2.87. The van der Waals surface area contributed by atoms with Crippen molar-refractivity contribution in [1.82, 2.24) is 14.8 Å². The molecule has 0 aliphatic carbocycles. The Morgan fingerprint density at radius 3 is 2.71 bits per heavy atom. The van der Waals surface area contributed by atoms with E-state index < -0.39 is 0 Å². The van der Waals surface area contributed by atoms with Crippen molar-refractivity contribution in [3.8, 4) is 0 Å². The van der Waals surface area contributed by atoms with E-state index in [0.29, 0.717) is 6.54 Å². The standard InChI is InChI=1S/C15H22N4O2/c1-17-12-13(21-15(17)20)5-7-18-8-10-19(11-9-18)14-4-2-3-6-16-14/h2-4,6,13H,5,7-12H2,1H3. The molecule has 6 nitrogen and oxygen atoms in total. The normalized spacial score (nSPS) is 23.5. The third-order valence-electron chi connectivity index (χ3n) is 4.17. The Balaban J connectivity index is 1.41. The van der Waals surface area contributed by atoms with Crippen molar-refractivity contribution in [1.29, 1.82) is 0 Å². The summed E-state index contributed by atoms with van der Waals surface area (Å²) in [5, 5.41) is 0. The molecule has 1 aromatic heterocycles. The van der Waals surface area contributed by atoms with Gasteiger partial charge in [-0.2, -0.15) is 0 Å². The Hall–Kier alpha value is -1.82. The minimum absolute atomic E-state index is 0.0521. The molecular weight excluding hydrogens is 268 g/mol. The largest absolute Gasteiger partial charge is 0.444 e. The molecule has 6 heteroatoms. The third kappa shape index (κ3) is 3.44. The van der Waals surface area contributed by atoms with Gasteiger partial charge in [0.1, 0.15) is 11.9 Å². The van der Waals surface area contributed by atoms with Crippen LogP contribution < -0.4 is 4.90 Å². The van der Waals surface area contributed by atoms with E-state index in [1.807, 2.05) is 18.3 Å². The SMILES string of the molecule is CN1CC(CCN2CCN(c3ccccn3)CC2)OC1=O. The van der Waals surface area contributed by atoms with Crippen molar-refractivity contribution in [3.05, 3.63) is 24.4 Å². The van der Waals surface area contributed by atoms with E-state index in [0.717, 1.165) is 45.0 Å². The van der Waals surface area contributed by atoms with Gasteiger partial charge in [0.2, 0.25) is 0 Å². The fraction of sp³-hybridized carbons (Fsp3) is 0.600. The summed E-state index contributed by atoms with van der Waals surface area (Å²) in [6, 6.07) is 6.03. The molecule has 1 unspecified atom stereocenters. The highest BCUT2D eigenvalue weighted by Crippen LogP contribution is 2.15. The van der Waals surface area contributed by atoms with Crippen molar-refractivity contribution >= 4 is 11.9 Å². The second-order valence-electron chi connectivity index (χ2n) is 5.69. The number of carbonyl (C=O) groups is 1. The number of hydrogen-bond acceptors (Lipinski definition) is 5. The molecular formula is C15H22N4O2. The molecule has 2 fully saturated rings. The van der Waals surface area contributed by atoms with Gasteiger partial charge >= 0.3 is 6.09 Å². The Labute approximate surface area is 125 Å². The van der Waals surface area contributed by atoms with Crippen LogP contribution in [0.4, 0.5) is 10.6 Å². The third-order valence-corrected chi connectivity index (χ3v) is 4.17. The van der Waals surface area contributed by atoms with Gasteiger partial charge in [-0.3, -0.25) is 4.90 Å². The van der Waals surface area contributed by atoms with Crippen LogP contribution in [-0.4, -0.2) is 73.3 Å². The Morgan fingerprint density at radius 1 is 1.29 bits per heavy atom. The Kier molecular flexibility index (Phi) is 4.24. The minimum atomic E-state index is -0.194. The predicted molar refractivity (Wildman–Crippen MR) is 80.4 cm³/mol. The number of cyclic esters (lactones) is 1. The van der Waals surface area contributed by atoms with Gasteiger partial charge < -0.3 is 14.5 Å². The molecule has 1 aromatic rings. The first-order chi connectivity index (χ1) is 10.2. The summed E-state index contributed by atoms with van der Waals surface area (Å²) < 4.78 is 5.29. The van der Waals surface area contributed by atoms with Gasteiger partial charge in [0.25, 0.3) is 0 Å². The lowest BCUT2D eigenvalue weighted by molar-refractivity contribution is 0.121. The lowest BCUT2D eigenvalue weighted by Crippen LogP contribution is -2.47. The zero-order chi connectivity index (χ0) is 14.7. The summed E-state index contributed by atoms with van der Waals surface area (Å²) in [4.78, 5) is 22.1.